The van der Waals surface area contributed by atoms with Crippen LogP contribution in [0.4, 0.5) is 14.6 Å². The van der Waals surface area contributed by atoms with Crippen molar-refractivity contribution in [1.82, 2.24) is 25.3 Å². The molecule has 0 bridgehead atoms. The monoisotopic (exact) mass is 438 g/mol. The highest BCUT2D eigenvalue weighted by molar-refractivity contribution is 5.97. The third kappa shape index (κ3) is 4.34. The molecule has 0 aliphatic carbocycles. The molecule has 0 radical (unpaired) electrons. The minimum absolute atomic E-state index is 0.0859. The number of hydrogen-bond acceptors (Lipinski definition) is 6. The van der Waals surface area contributed by atoms with Crippen LogP contribution in [0.2, 0.25) is 0 Å². The summed E-state index contributed by atoms with van der Waals surface area (Å²) in [6.07, 6.45) is 4.96. The van der Waals surface area contributed by atoms with Crippen LogP contribution in [0, 0.1) is 11.8 Å². The number of fused-ring (bicyclic) bond motifs is 1. The van der Waals surface area contributed by atoms with E-state index in [1.165, 1.54) is 25.6 Å². The minimum Gasteiger partial charge on any atom is -0.479 e. The number of rotatable bonds is 7. The van der Waals surface area contributed by atoms with Crippen LogP contribution in [-0.4, -0.2) is 40.0 Å². The number of ether oxygens (including phenoxy) is 1. The first kappa shape index (κ1) is 21.2. The highest BCUT2D eigenvalue weighted by Gasteiger charge is 2.13. The van der Waals surface area contributed by atoms with Gasteiger partial charge in [-0.2, -0.15) is 4.39 Å². The lowest BCUT2D eigenvalue weighted by Crippen LogP contribution is -2.17. The molecule has 0 saturated carbocycles. The molecule has 0 fully saturated rings. The van der Waals surface area contributed by atoms with Crippen LogP contribution in [0.1, 0.15) is 27.0 Å². The van der Waals surface area contributed by atoms with Gasteiger partial charge in [-0.15, -0.1) is 0 Å². The first-order valence-corrected chi connectivity index (χ1v) is 9.74. The van der Waals surface area contributed by atoms with E-state index in [1.54, 1.807) is 31.4 Å². The van der Waals surface area contributed by atoms with Gasteiger partial charge in [-0.3, -0.25) is 4.79 Å². The molecule has 4 heterocycles. The lowest BCUT2D eigenvalue weighted by atomic mass is 10.1. The van der Waals surface area contributed by atoms with Gasteiger partial charge in [0.2, 0.25) is 11.8 Å². The zero-order valence-electron chi connectivity index (χ0n) is 17.4. The van der Waals surface area contributed by atoms with Crippen LogP contribution in [0.25, 0.3) is 11.0 Å². The fraction of sp³-hybridized carbons (Fsp3) is 0.182. The SMILES string of the molecule is CNC(=O)c1cnc2[nH]cc(Cc3ccc(NCc4cnc(OC)c(F)c4)nc3F)c2c1. The maximum atomic E-state index is 14.7. The highest BCUT2D eigenvalue weighted by atomic mass is 19.1. The van der Waals surface area contributed by atoms with Gasteiger partial charge in [0.25, 0.3) is 5.91 Å². The van der Waals surface area contributed by atoms with E-state index in [4.69, 9.17) is 4.74 Å². The van der Waals surface area contributed by atoms with Crippen molar-refractivity contribution in [1.29, 1.82) is 0 Å². The Morgan fingerprint density at radius 1 is 1.16 bits per heavy atom. The quantitative estimate of drug-likeness (QED) is 0.383. The van der Waals surface area contributed by atoms with Crippen molar-refractivity contribution in [2.45, 2.75) is 13.0 Å². The van der Waals surface area contributed by atoms with Crippen LogP contribution >= 0.6 is 0 Å². The number of nitrogens with zero attached hydrogens (tertiary/aromatic N) is 3. The number of carbonyl (C=O) groups is 1. The summed E-state index contributed by atoms with van der Waals surface area (Å²) in [5, 5.41) is 6.25. The molecule has 10 heteroatoms. The van der Waals surface area contributed by atoms with Gasteiger partial charge in [-0.05, 0) is 29.3 Å². The van der Waals surface area contributed by atoms with Gasteiger partial charge >= 0.3 is 0 Å². The second-order valence-corrected chi connectivity index (χ2v) is 7.02. The number of amides is 1. The predicted octanol–water partition coefficient (Wildman–Crippen LogP) is 3.20. The molecule has 3 N–H and O–H groups in total. The topological polar surface area (TPSA) is 105 Å². The number of methoxy groups -OCH3 is 1. The molecule has 0 spiro atoms. The number of aromatic nitrogens is 4. The molecule has 0 atom stereocenters. The van der Waals surface area contributed by atoms with Crippen molar-refractivity contribution >= 4 is 22.8 Å². The summed E-state index contributed by atoms with van der Waals surface area (Å²) in [7, 11) is 2.88. The maximum absolute atomic E-state index is 14.7. The number of anilines is 1. The molecule has 4 aromatic rings. The fourth-order valence-corrected chi connectivity index (χ4v) is 3.28. The second kappa shape index (κ2) is 8.96. The number of hydrogen-bond donors (Lipinski definition) is 3. The van der Waals surface area contributed by atoms with Gasteiger partial charge < -0.3 is 20.4 Å². The second-order valence-electron chi connectivity index (χ2n) is 7.02. The molecule has 4 rings (SSSR count). The van der Waals surface area contributed by atoms with Crippen LogP contribution in [-0.2, 0) is 13.0 Å². The van der Waals surface area contributed by atoms with Crippen LogP contribution in [0.5, 0.6) is 5.88 Å². The van der Waals surface area contributed by atoms with Gasteiger partial charge in [-0.1, -0.05) is 6.07 Å². The van der Waals surface area contributed by atoms with Gasteiger partial charge in [-0.25, -0.2) is 19.3 Å². The number of pyridine rings is 3. The normalized spacial score (nSPS) is 10.9. The fourth-order valence-electron chi connectivity index (χ4n) is 3.28. The molecule has 0 aromatic carbocycles. The van der Waals surface area contributed by atoms with E-state index in [9.17, 15) is 13.6 Å². The zero-order chi connectivity index (χ0) is 22.7. The van der Waals surface area contributed by atoms with Crippen molar-refractivity contribution < 1.29 is 18.3 Å². The third-order valence-corrected chi connectivity index (χ3v) is 4.94. The standard InChI is InChI=1S/C22H20F2N6O2/c1-25-21(31)15-7-16-14(10-27-20(16)28-11-15)6-13-3-4-18(30-19(13)24)26-8-12-5-17(23)22(32-2)29-9-12/h3-5,7,9-11H,6,8H2,1-2H3,(H,25,31)(H,26,30)(H,27,28). The molecule has 0 aliphatic rings. The van der Waals surface area contributed by atoms with Crippen LogP contribution in [0.3, 0.4) is 0 Å². The Labute approximate surface area is 182 Å². The molecular formula is C22H20F2N6O2. The first-order valence-electron chi connectivity index (χ1n) is 9.74. The Hall–Kier alpha value is -4.08. The molecule has 8 nitrogen and oxygen atoms in total. The van der Waals surface area contributed by atoms with Crippen molar-refractivity contribution in [2.24, 2.45) is 0 Å². The summed E-state index contributed by atoms with van der Waals surface area (Å²) in [4.78, 5) is 27.0. The number of carbonyl (C=O) groups excluding carboxylic acids is 1. The van der Waals surface area contributed by atoms with E-state index in [0.717, 1.165) is 10.9 Å². The Morgan fingerprint density at radius 3 is 2.72 bits per heavy atom. The smallest absolute Gasteiger partial charge is 0.252 e. The van der Waals surface area contributed by atoms with Gasteiger partial charge in [0, 0.05) is 49.6 Å². The average molecular weight is 438 g/mol. The molecule has 32 heavy (non-hydrogen) atoms. The Bertz CT molecular complexity index is 1290. The molecule has 4 aromatic heterocycles. The number of nitrogens with one attached hydrogen (secondary N) is 3. The van der Waals surface area contributed by atoms with Crippen molar-refractivity contribution in [3.05, 3.63) is 76.9 Å². The first-order chi connectivity index (χ1) is 15.5. The van der Waals surface area contributed by atoms with Crippen molar-refractivity contribution in [2.75, 3.05) is 19.5 Å². The molecule has 0 aliphatic heterocycles. The number of aromatic amines is 1. The Balaban J connectivity index is 1.49. The molecule has 1 amide bonds. The van der Waals surface area contributed by atoms with E-state index < -0.39 is 11.8 Å². The lowest BCUT2D eigenvalue weighted by Gasteiger charge is -2.09. The van der Waals surface area contributed by atoms with Gasteiger partial charge in [0.1, 0.15) is 11.5 Å². The summed E-state index contributed by atoms with van der Waals surface area (Å²) in [6.45, 7) is 0.218. The molecule has 164 valence electrons. The van der Waals surface area contributed by atoms with E-state index in [0.29, 0.717) is 28.2 Å². The summed E-state index contributed by atoms with van der Waals surface area (Å²) in [5.41, 5.74) is 2.77. The molecular weight excluding hydrogens is 418 g/mol. The molecule has 0 saturated heterocycles. The van der Waals surface area contributed by atoms with E-state index in [1.807, 2.05) is 0 Å². The van der Waals surface area contributed by atoms with E-state index in [-0.39, 0.29) is 24.8 Å². The summed E-state index contributed by atoms with van der Waals surface area (Å²) in [6, 6.07) is 6.29. The third-order valence-electron chi connectivity index (χ3n) is 4.94. The predicted molar refractivity (Wildman–Crippen MR) is 115 cm³/mol. The Morgan fingerprint density at radius 2 is 2.00 bits per heavy atom. The zero-order valence-corrected chi connectivity index (χ0v) is 17.4. The van der Waals surface area contributed by atoms with Crippen molar-refractivity contribution in [3.63, 3.8) is 0 Å². The maximum Gasteiger partial charge on any atom is 0.252 e. The van der Waals surface area contributed by atoms with Crippen molar-refractivity contribution in [3.8, 4) is 5.88 Å². The number of H-pyrrole nitrogens is 1. The van der Waals surface area contributed by atoms with Crippen LogP contribution in [0.15, 0.2) is 42.9 Å². The largest absolute Gasteiger partial charge is 0.479 e. The minimum atomic E-state index is -0.626. The highest BCUT2D eigenvalue weighted by Crippen LogP contribution is 2.23. The summed E-state index contributed by atoms with van der Waals surface area (Å²) < 4.78 is 33.2. The Kier molecular flexibility index (Phi) is 5.93. The summed E-state index contributed by atoms with van der Waals surface area (Å²) >= 11 is 0. The summed E-state index contributed by atoms with van der Waals surface area (Å²) in [5.74, 6) is -1.23. The van der Waals surface area contributed by atoms with Gasteiger partial charge in [0.05, 0.1) is 12.7 Å². The van der Waals surface area contributed by atoms with E-state index in [2.05, 4.69) is 30.6 Å². The van der Waals surface area contributed by atoms with Gasteiger partial charge in [0.15, 0.2) is 5.82 Å². The van der Waals surface area contributed by atoms with Crippen LogP contribution < -0.4 is 15.4 Å². The van der Waals surface area contributed by atoms with E-state index >= 15 is 0 Å². The molecule has 0 unspecified atom stereocenters. The number of halogens is 2. The lowest BCUT2D eigenvalue weighted by molar-refractivity contribution is 0.0963. The average Bonchev–Trinajstić information content (AvgIpc) is 3.20.